The molecular weight excluding hydrogens is 185 g/mol. The van der Waals surface area contributed by atoms with E-state index in [0.717, 1.165) is 0 Å². The normalized spacial score (nSPS) is 11.1. The van der Waals surface area contributed by atoms with Crippen molar-refractivity contribution in [2.24, 2.45) is 7.05 Å². The molecule has 5 heteroatoms. The minimum atomic E-state index is -0.471. The van der Waals surface area contributed by atoms with Crippen LogP contribution in [0.5, 0.6) is 0 Å². The molecule has 0 fully saturated rings. The third-order valence-corrected chi connectivity index (χ3v) is 2.35. The van der Waals surface area contributed by atoms with Crippen molar-refractivity contribution in [1.29, 1.82) is 0 Å². The van der Waals surface area contributed by atoms with Crippen molar-refractivity contribution in [2.45, 2.75) is 13.8 Å². The molecule has 0 amide bonds. The molecule has 0 bridgehead atoms. The second-order valence-electron chi connectivity index (χ2n) is 3.32. The fourth-order valence-corrected chi connectivity index (χ4v) is 1.38. The molecule has 2 aromatic heterocycles. The average Bonchev–Trinajstić information content (AvgIpc) is 2.42. The van der Waals surface area contributed by atoms with Crippen LogP contribution in [0.3, 0.4) is 0 Å². The summed E-state index contributed by atoms with van der Waals surface area (Å²) in [4.78, 5) is 15.5. The van der Waals surface area contributed by atoms with Crippen LogP contribution in [0.25, 0.3) is 5.65 Å². The van der Waals surface area contributed by atoms with Gasteiger partial charge in [-0.25, -0.2) is 4.98 Å². The molecule has 0 aliphatic carbocycles. The predicted molar refractivity (Wildman–Crippen MR) is 49.9 cm³/mol. The Bertz CT molecular complexity index is 567. The zero-order chi connectivity index (χ0) is 10.5. The van der Waals surface area contributed by atoms with Gasteiger partial charge in [-0.15, -0.1) is 0 Å². The van der Waals surface area contributed by atoms with Gasteiger partial charge in [0.2, 0.25) is 11.6 Å². The molecule has 0 saturated heterocycles. The van der Waals surface area contributed by atoms with E-state index < -0.39 is 5.95 Å². The van der Waals surface area contributed by atoms with Gasteiger partial charge in [-0.2, -0.15) is 4.39 Å². The number of halogens is 1. The first-order chi connectivity index (χ1) is 6.52. The Balaban J connectivity index is 3.06. The zero-order valence-corrected chi connectivity index (χ0v) is 8.21. The Morgan fingerprint density at radius 1 is 1.43 bits per heavy atom. The van der Waals surface area contributed by atoms with Crippen LogP contribution in [0.2, 0.25) is 0 Å². The van der Waals surface area contributed by atoms with E-state index in [2.05, 4.69) is 4.98 Å². The third-order valence-electron chi connectivity index (χ3n) is 2.35. The molecule has 2 heterocycles. The standard InChI is InChI=1S/C9H10FN3O/c1-5-4-13-7(10)6(2)11-8(13)9(14)12(5)3/h4H,1-3H3. The molecule has 0 radical (unpaired) electrons. The van der Waals surface area contributed by atoms with Crippen LogP contribution in [0.4, 0.5) is 4.39 Å². The van der Waals surface area contributed by atoms with Crippen LogP contribution >= 0.6 is 0 Å². The summed E-state index contributed by atoms with van der Waals surface area (Å²) in [5.41, 5.74) is 0.789. The van der Waals surface area contributed by atoms with E-state index in [1.54, 1.807) is 20.2 Å². The van der Waals surface area contributed by atoms with E-state index >= 15 is 0 Å². The number of hydrogen-bond acceptors (Lipinski definition) is 2. The number of aryl methyl sites for hydroxylation is 2. The second-order valence-corrected chi connectivity index (χ2v) is 3.32. The van der Waals surface area contributed by atoms with Gasteiger partial charge >= 0.3 is 0 Å². The molecule has 0 atom stereocenters. The summed E-state index contributed by atoms with van der Waals surface area (Å²) in [5, 5.41) is 0. The Hall–Kier alpha value is -1.65. The lowest BCUT2D eigenvalue weighted by atomic mass is 10.5. The highest BCUT2D eigenvalue weighted by Gasteiger charge is 2.12. The lowest BCUT2D eigenvalue weighted by molar-refractivity contribution is 0.560. The van der Waals surface area contributed by atoms with Gasteiger partial charge in [-0.1, -0.05) is 0 Å². The van der Waals surface area contributed by atoms with E-state index in [9.17, 15) is 9.18 Å². The van der Waals surface area contributed by atoms with E-state index in [1.165, 1.54) is 15.9 Å². The number of hydrogen-bond donors (Lipinski definition) is 0. The van der Waals surface area contributed by atoms with E-state index in [-0.39, 0.29) is 16.9 Å². The number of nitrogens with zero attached hydrogens (tertiary/aromatic N) is 3. The highest BCUT2D eigenvalue weighted by Crippen LogP contribution is 2.07. The average molecular weight is 195 g/mol. The molecule has 0 saturated carbocycles. The monoisotopic (exact) mass is 195 g/mol. The number of rotatable bonds is 0. The van der Waals surface area contributed by atoms with Gasteiger partial charge in [0.05, 0.1) is 5.69 Å². The summed E-state index contributed by atoms with van der Waals surface area (Å²) in [5.74, 6) is -0.471. The first-order valence-electron chi connectivity index (χ1n) is 4.23. The molecule has 0 N–H and O–H groups in total. The van der Waals surface area contributed by atoms with Gasteiger partial charge < -0.3 is 4.57 Å². The zero-order valence-electron chi connectivity index (χ0n) is 8.21. The minimum Gasteiger partial charge on any atom is -0.311 e. The van der Waals surface area contributed by atoms with E-state index in [4.69, 9.17) is 0 Å². The molecule has 0 unspecified atom stereocenters. The van der Waals surface area contributed by atoms with E-state index in [1.807, 2.05) is 0 Å². The number of fused-ring (bicyclic) bond motifs is 1. The van der Waals surface area contributed by atoms with Gasteiger partial charge in [-0.3, -0.25) is 9.20 Å². The van der Waals surface area contributed by atoms with Gasteiger partial charge in [0.15, 0.2) is 0 Å². The highest BCUT2D eigenvalue weighted by atomic mass is 19.1. The van der Waals surface area contributed by atoms with Crippen molar-refractivity contribution < 1.29 is 4.39 Å². The topological polar surface area (TPSA) is 39.3 Å². The lowest BCUT2D eigenvalue weighted by Crippen LogP contribution is -2.21. The van der Waals surface area contributed by atoms with Gasteiger partial charge in [0.1, 0.15) is 0 Å². The maximum Gasteiger partial charge on any atom is 0.294 e. The van der Waals surface area contributed by atoms with Gasteiger partial charge in [0.25, 0.3) is 5.56 Å². The fourth-order valence-electron chi connectivity index (χ4n) is 1.38. The largest absolute Gasteiger partial charge is 0.311 e. The summed E-state index contributed by atoms with van der Waals surface area (Å²) >= 11 is 0. The summed E-state index contributed by atoms with van der Waals surface area (Å²) in [7, 11) is 1.64. The first-order valence-corrected chi connectivity index (χ1v) is 4.23. The molecule has 2 aromatic rings. The molecule has 2 rings (SSSR count). The van der Waals surface area contributed by atoms with E-state index in [0.29, 0.717) is 5.69 Å². The van der Waals surface area contributed by atoms with Crippen molar-refractivity contribution in [3.8, 4) is 0 Å². The summed E-state index contributed by atoms with van der Waals surface area (Å²) in [6.45, 7) is 3.28. The highest BCUT2D eigenvalue weighted by molar-refractivity contribution is 5.38. The Morgan fingerprint density at radius 2 is 2.07 bits per heavy atom. The van der Waals surface area contributed by atoms with Crippen molar-refractivity contribution in [3.63, 3.8) is 0 Å². The minimum absolute atomic E-state index is 0.133. The summed E-state index contributed by atoms with van der Waals surface area (Å²) in [6, 6.07) is 0. The van der Waals surface area contributed by atoms with Crippen molar-refractivity contribution in [3.05, 3.63) is 33.9 Å². The quantitative estimate of drug-likeness (QED) is 0.623. The smallest absolute Gasteiger partial charge is 0.294 e. The van der Waals surface area contributed by atoms with Gasteiger partial charge in [-0.05, 0) is 13.8 Å². The molecule has 74 valence electrons. The molecule has 0 spiro atoms. The fraction of sp³-hybridized carbons (Fsp3) is 0.333. The second kappa shape index (κ2) is 2.67. The molecular formula is C9H10FN3O. The maximum atomic E-state index is 13.4. The molecule has 14 heavy (non-hydrogen) atoms. The van der Waals surface area contributed by atoms with Gasteiger partial charge in [0, 0.05) is 18.9 Å². The predicted octanol–water partition coefficient (Wildman–Crippen LogP) is 0.789. The first kappa shape index (κ1) is 8.93. The third kappa shape index (κ3) is 0.982. The summed E-state index contributed by atoms with van der Waals surface area (Å²) in [6.07, 6.45) is 1.56. The lowest BCUT2D eigenvalue weighted by Gasteiger charge is -2.03. The molecule has 4 nitrogen and oxygen atoms in total. The van der Waals surface area contributed by atoms with Crippen molar-refractivity contribution >= 4 is 5.65 Å². The Morgan fingerprint density at radius 3 is 2.71 bits per heavy atom. The Kier molecular flexibility index (Phi) is 1.70. The van der Waals surface area contributed by atoms with Crippen LogP contribution in [0, 0.1) is 19.8 Å². The number of imidazole rings is 1. The maximum absolute atomic E-state index is 13.4. The van der Waals surface area contributed by atoms with Crippen LogP contribution in [-0.2, 0) is 7.05 Å². The molecule has 0 aromatic carbocycles. The van der Waals surface area contributed by atoms with Crippen LogP contribution in [0.1, 0.15) is 11.4 Å². The van der Waals surface area contributed by atoms with Crippen molar-refractivity contribution in [2.75, 3.05) is 0 Å². The van der Waals surface area contributed by atoms with Crippen LogP contribution in [-0.4, -0.2) is 14.0 Å². The number of aromatic nitrogens is 3. The molecule has 0 aliphatic heterocycles. The van der Waals surface area contributed by atoms with Crippen LogP contribution < -0.4 is 5.56 Å². The summed E-state index contributed by atoms with van der Waals surface area (Å²) < 4.78 is 16.0. The SMILES string of the molecule is Cc1nc2c(=O)n(C)c(C)cn2c1F. The molecule has 0 aliphatic rings. The van der Waals surface area contributed by atoms with Crippen LogP contribution in [0.15, 0.2) is 11.0 Å². The van der Waals surface area contributed by atoms with Crippen molar-refractivity contribution in [1.82, 2.24) is 14.0 Å². The Labute approximate surface area is 79.6 Å².